The molecule has 0 aliphatic carbocycles. The van der Waals surface area contributed by atoms with Crippen molar-refractivity contribution in [2.45, 2.75) is 38.1 Å². The summed E-state index contributed by atoms with van der Waals surface area (Å²) in [5.74, 6) is 0.603. The molecule has 2 saturated heterocycles. The Morgan fingerprint density at radius 2 is 1.90 bits per heavy atom. The first-order chi connectivity index (χ1) is 14.0. The van der Waals surface area contributed by atoms with Gasteiger partial charge in [-0.1, -0.05) is 17.3 Å². The van der Waals surface area contributed by atoms with Crippen LogP contribution in [-0.2, 0) is 17.5 Å². The maximum Gasteiger partial charge on any atom is 0.416 e. The minimum absolute atomic E-state index is 0.181. The second-order valence-corrected chi connectivity index (χ2v) is 7.66. The number of alkyl halides is 3. The van der Waals surface area contributed by atoms with Crippen LogP contribution in [0.15, 0.2) is 28.8 Å². The molecule has 0 saturated carbocycles. The zero-order valence-corrected chi connectivity index (χ0v) is 16.2. The second-order valence-electron chi connectivity index (χ2n) is 7.66. The molecular formula is C20H25F3N4O2. The van der Waals surface area contributed by atoms with Crippen molar-refractivity contribution in [2.75, 3.05) is 39.3 Å². The van der Waals surface area contributed by atoms with Gasteiger partial charge in [-0.25, -0.2) is 0 Å². The third-order valence-corrected chi connectivity index (χ3v) is 5.44. The van der Waals surface area contributed by atoms with Crippen LogP contribution >= 0.6 is 0 Å². The molecule has 1 atom stereocenters. The highest BCUT2D eigenvalue weighted by molar-refractivity contribution is 5.55. The minimum Gasteiger partial charge on any atom is -0.377 e. The lowest BCUT2D eigenvalue weighted by molar-refractivity contribution is -0.137. The van der Waals surface area contributed by atoms with E-state index in [2.05, 4.69) is 19.9 Å². The normalized spacial score (nSPS) is 22.1. The number of hydrogen-bond acceptors (Lipinski definition) is 6. The van der Waals surface area contributed by atoms with Crippen LogP contribution < -0.4 is 0 Å². The summed E-state index contributed by atoms with van der Waals surface area (Å²) >= 11 is 0. The topological polar surface area (TPSA) is 54.6 Å². The van der Waals surface area contributed by atoms with E-state index in [9.17, 15) is 13.2 Å². The maximum absolute atomic E-state index is 12.9. The van der Waals surface area contributed by atoms with Crippen LogP contribution in [0, 0.1) is 0 Å². The van der Waals surface area contributed by atoms with Crippen molar-refractivity contribution in [3.05, 3.63) is 35.7 Å². The first-order valence-electron chi connectivity index (χ1n) is 10.0. The van der Waals surface area contributed by atoms with Crippen LogP contribution in [-0.4, -0.2) is 65.4 Å². The molecule has 2 aromatic rings. The predicted octanol–water partition coefficient (Wildman–Crippen LogP) is 3.44. The fourth-order valence-corrected chi connectivity index (χ4v) is 3.90. The van der Waals surface area contributed by atoms with Crippen LogP contribution in [0.25, 0.3) is 11.4 Å². The summed E-state index contributed by atoms with van der Waals surface area (Å²) in [6.45, 7) is 6.14. The van der Waals surface area contributed by atoms with E-state index >= 15 is 0 Å². The van der Waals surface area contributed by atoms with Gasteiger partial charge in [0.2, 0.25) is 11.7 Å². The van der Waals surface area contributed by atoms with Crippen molar-refractivity contribution in [2.24, 2.45) is 0 Å². The van der Waals surface area contributed by atoms with Crippen LogP contribution in [0.1, 0.15) is 30.7 Å². The van der Waals surface area contributed by atoms with Crippen LogP contribution in [0.2, 0.25) is 0 Å². The van der Waals surface area contributed by atoms with E-state index in [-0.39, 0.29) is 5.82 Å². The average Bonchev–Trinajstić information content (AvgIpc) is 3.32. The third-order valence-electron chi connectivity index (χ3n) is 5.44. The summed E-state index contributed by atoms with van der Waals surface area (Å²) in [5.41, 5.74) is -0.423. The van der Waals surface area contributed by atoms with E-state index in [4.69, 9.17) is 9.26 Å². The lowest BCUT2D eigenvalue weighted by atomic mass is 10.1. The Hall–Kier alpha value is -1.97. The van der Waals surface area contributed by atoms with Crippen molar-refractivity contribution >= 4 is 0 Å². The van der Waals surface area contributed by atoms with E-state index in [1.807, 2.05) is 0 Å². The second kappa shape index (κ2) is 8.81. The standard InChI is InChI=1S/C20H25F3N4O2/c21-20(22,23)16-5-1-4-15(12-16)19-24-18(29-25-19)14-27-8-3-7-26(9-10-27)13-17-6-2-11-28-17/h1,4-5,12,17H,2-3,6-11,13-14H2. The van der Waals surface area contributed by atoms with Crippen LogP contribution in [0.3, 0.4) is 0 Å². The number of nitrogens with zero attached hydrogens (tertiary/aromatic N) is 4. The average molecular weight is 410 g/mol. The lowest BCUT2D eigenvalue weighted by Gasteiger charge is -2.23. The minimum atomic E-state index is -4.40. The molecule has 0 amide bonds. The Balaban J connectivity index is 1.34. The summed E-state index contributed by atoms with van der Waals surface area (Å²) in [7, 11) is 0. The smallest absolute Gasteiger partial charge is 0.377 e. The van der Waals surface area contributed by atoms with Gasteiger partial charge in [0.1, 0.15) is 0 Å². The third kappa shape index (κ3) is 5.34. The lowest BCUT2D eigenvalue weighted by Crippen LogP contribution is -2.35. The summed E-state index contributed by atoms with van der Waals surface area (Å²) in [4.78, 5) is 9.00. The van der Waals surface area contributed by atoms with Gasteiger partial charge in [0.25, 0.3) is 0 Å². The Kier molecular flexibility index (Phi) is 6.17. The first kappa shape index (κ1) is 20.3. The van der Waals surface area contributed by atoms with E-state index in [1.165, 1.54) is 6.07 Å². The van der Waals surface area contributed by atoms with E-state index in [0.29, 0.717) is 24.1 Å². The number of hydrogen-bond donors (Lipinski definition) is 0. The van der Waals surface area contributed by atoms with Gasteiger partial charge in [-0.15, -0.1) is 0 Å². The molecule has 158 valence electrons. The molecule has 6 nitrogen and oxygen atoms in total. The molecule has 1 aromatic carbocycles. The number of halogens is 3. The molecule has 0 radical (unpaired) electrons. The van der Waals surface area contributed by atoms with Crippen molar-refractivity contribution in [3.63, 3.8) is 0 Å². The van der Waals surface area contributed by atoms with Crippen molar-refractivity contribution in [1.82, 2.24) is 19.9 Å². The van der Waals surface area contributed by atoms with E-state index < -0.39 is 11.7 Å². The molecule has 1 aromatic heterocycles. The molecule has 2 aliphatic heterocycles. The molecule has 2 fully saturated rings. The molecule has 3 heterocycles. The fourth-order valence-electron chi connectivity index (χ4n) is 3.90. The monoisotopic (exact) mass is 410 g/mol. The van der Waals surface area contributed by atoms with Gasteiger partial charge in [0.15, 0.2) is 0 Å². The molecule has 9 heteroatoms. The molecule has 1 unspecified atom stereocenters. The summed E-state index contributed by atoms with van der Waals surface area (Å²) in [6, 6.07) is 4.98. The van der Waals surface area contributed by atoms with Gasteiger partial charge >= 0.3 is 6.18 Å². The van der Waals surface area contributed by atoms with Crippen molar-refractivity contribution in [1.29, 1.82) is 0 Å². The summed E-state index contributed by atoms with van der Waals surface area (Å²) < 4.78 is 49.8. The highest BCUT2D eigenvalue weighted by atomic mass is 19.4. The zero-order chi connectivity index (χ0) is 20.3. The predicted molar refractivity (Wildman–Crippen MR) is 100 cm³/mol. The molecule has 0 N–H and O–H groups in total. The van der Waals surface area contributed by atoms with Crippen molar-refractivity contribution < 1.29 is 22.4 Å². The van der Waals surface area contributed by atoms with Crippen LogP contribution in [0.4, 0.5) is 13.2 Å². The highest BCUT2D eigenvalue weighted by Gasteiger charge is 2.31. The quantitative estimate of drug-likeness (QED) is 0.753. The number of rotatable bonds is 5. The summed E-state index contributed by atoms with van der Waals surface area (Å²) in [5, 5.41) is 3.87. The number of aromatic nitrogens is 2. The van der Waals surface area contributed by atoms with Crippen LogP contribution in [0.5, 0.6) is 0 Å². The van der Waals surface area contributed by atoms with E-state index in [1.54, 1.807) is 6.07 Å². The molecule has 0 spiro atoms. The van der Waals surface area contributed by atoms with Gasteiger partial charge in [-0.3, -0.25) is 9.80 Å². The SMILES string of the molecule is FC(F)(F)c1cccc(-c2noc(CN3CCCN(CC4CCCO4)CC3)n2)c1. The number of ether oxygens (including phenoxy) is 1. The molecule has 0 bridgehead atoms. The van der Waals surface area contributed by atoms with Gasteiger partial charge in [-0.05, 0) is 44.5 Å². The molecule has 2 aliphatic rings. The van der Waals surface area contributed by atoms with Crippen molar-refractivity contribution in [3.8, 4) is 11.4 Å². The fraction of sp³-hybridized carbons (Fsp3) is 0.600. The summed E-state index contributed by atoms with van der Waals surface area (Å²) in [6.07, 6.45) is -0.713. The Morgan fingerprint density at radius 3 is 2.69 bits per heavy atom. The Morgan fingerprint density at radius 1 is 1.07 bits per heavy atom. The van der Waals surface area contributed by atoms with Gasteiger partial charge in [0.05, 0.1) is 18.2 Å². The Bertz CT molecular complexity index is 805. The Labute approximate surface area is 167 Å². The highest BCUT2D eigenvalue weighted by Crippen LogP contribution is 2.31. The molecule has 4 rings (SSSR count). The largest absolute Gasteiger partial charge is 0.416 e. The zero-order valence-electron chi connectivity index (χ0n) is 16.2. The van der Waals surface area contributed by atoms with Gasteiger partial charge in [0, 0.05) is 31.8 Å². The van der Waals surface area contributed by atoms with Gasteiger partial charge in [-0.2, -0.15) is 18.2 Å². The first-order valence-corrected chi connectivity index (χ1v) is 10.0. The molecule has 29 heavy (non-hydrogen) atoms. The number of benzene rings is 1. The van der Waals surface area contributed by atoms with Gasteiger partial charge < -0.3 is 9.26 Å². The maximum atomic E-state index is 12.9. The molecular weight excluding hydrogens is 385 g/mol. The van der Waals surface area contributed by atoms with E-state index in [0.717, 1.165) is 70.7 Å².